The van der Waals surface area contributed by atoms with Gasteiger partial charge in [0.25, 0.3) is 0 Å². The van der Waals surface area contributed by atoms with Crippen LogP contribution in [0.2, 0.25) is 0 Å². The summed E-state index contributed by atoms with van der Waals surface area (Å²) in [6.45, 7) is 0.393. The lowest BCUT2D eigenvalue weighted by Gasteiger charge is -2.06. The number of hydrogen-bond acceptors (Lipinski definition) is 3. The minimum absolute atomic E-state index is 0.00246. The van der Waals surface area contributed by atoms with Crippen molar-refractivity contribution in [2.45, 2.75) is 6.54 Å². The second-order valence-electron chi connectivity index (χ2n) is 3.86. The maximum atomic E-state index is 13.3. The van der Waals surface area contributed by atoms with Crippen molar-refractivity contribution in [3.63, 3.8) is 0 Å². The molecule has 1 aromatic heterocycles. The molecule has 2 aromatic rings. The molecular formula is C13H12F2N2O2. The smallest absolute Gasteiger partial charge is 0.238 e. The van der Waals surface area contributed by atoms with Gasteiger partial charge in [-0.15, -0.1) is 0 Å². The average molecular weight is 266 g/mol. The van der Waals surface area contributed by atoms with Crippen LogP contribution in [0.4, 0.5) is 14.5 Å². The van der Waals surface area contributed by atoms with Gasteiger partial charge in [-0.3, -0.25) is 4.79 Å². The quantitative estimate of drug-likeness (QED) is 0.873. The molecule has 1 aromatic carbocycles. The molecule has 0 bridgehead atoms. The van der Waals surface area contributed by atoms with E-state index in [1.54, 1.807) is 12.1 Å². The van der Waals surface area contributed by atoms with Crippen LogP contribution in [-0.2, 0) is 11.3 Å². The van der Waals surface area contributed by atoms with Gasteiger partial charge in [0.2, 0.25) is 5.91 Å². The van der Waals surface area contributed by atoms with Crippen LogP contribution in [-0.4, -0.2) is 12.5 Å². The highest BCUT2D eigenvalue weighted by Gasteiger charge is 2.07. The predicted octanol–water partition coefficient (Wildman–Crippen LogP) is 2.29. The Kier molecular flexibility index (Phi) is 4.25. The van der Waals surface area contributed by atoms with Crippen molar-refractivity contribution in [1.82, 2.24) is 5.32 Å². The van der Waals surface area contributed by atoms with Crippen LogP contribution in [0, 0.1) is 11.6 Å². The molecule has 0 spiro atoms. The van der Waals surface area contributed by atoms with Crippen molar-refractivity contribution in [2.24, 2.45) is 0 Å². The van der Waals surface area contributed by atoms with E-state index in [0.29, 0.717) is 18.4 Å². The van der Waals surface area contributed by atoms with Crippen molar-refractivity contribution in [3.05, 3.63) is 54.0 Å². The molecule has 0 radical (unpaired) electrons. The Morgan fingerprint density at radius 3 is 2.79 bits per heavy atom. The van der Waals surface area contributed by atoms with Crippen LogP contribution in [0.15, 0.2) is 41.0 Å². The topological polar surface area (TPSA) is 54.3 Å². The number of amides is 1. The molecular weight excluding hydrogens is 254 g/mol. The van der Waals surface area contributed by atoms with Crippen molar-refractivity contribution in [1.29, 1.82) is 0 Å². The number of benzene rings is 1. The highest BCUT2D eigenvalue weighted by molar-refractivity contribution is 5.92. The molecule has 0 saturated carbocycles. The predicted molar refractivity (Wildman–Crippen MR) is 65.4 cm³/mol. The van der Waals surface area contributed by atoms with Gasteiger partial charge in [0.1, 0.15) is 17.4 Å². The van der Waals surface area contributed by atoms with Crippen molar-refractivity contribution < 1.29 is 18.0 Å². The van der Waals surface area contributed by atoms with Gasteiger partial charge >= 0.3 is 0 Å². The van der Waals surface area contributed by atoms with E-state index in [-0.39, 0.29) is 12.2 Å². The van der Waals surface area contributed by atoms with Gasteiger partial charge < -0.3 is 15.1 Å². The Labute approximate surface area is 108 Å². The first-order chi connectivity index (χ1) is 9.15. The summed E-state index contributed by atoms with van der Waals surface area (Å²) in [4.78, 5) is 11.5. The summed E-state index contributed by atoms with van der Waals surface area (Å²) in [7, 11) is 0. The summed E-state index contributed by atoms with van der Waals surface area (Å²) in [5, 5.41) is 5.18. The molecule has 2 N–H and O–H groups in total. The second kappa shape index (κ2) is 6.10. The summed E-state index contributed by atoms with van der Waals surface area (Å²) in [6.07, 6.45) is 1.53. The fraction of sp³-hybridized carbons (Fsp3) is 0.154. The monoisotopic (exact) mass is 266 g/mol. The Morgan fingerprint density at radius 2 is 2.11 bits per heavy atom. The van der Waals surface area contributed by atoms with Gasteiger partial charge in [0, 0.05) is 6.07 Å². The summed E-state index contributed by atoms with van der Waals surface area (Å²) in [5.41, 5.74) is -0.0498. The number of hydrogen-bond donors (Lipinski definition) is 2. The van der Waals surface area contributed by atoms with Gasteiger partial charge in [0.05, 0.1) is 25.0 Å². The maximum Gasteiger partial charge on any atom is 0.238 e. The highest BCUT2D eigenvalue weighted by Crippen LogP contribution is 2.14. The first-order valence-corrected chi connectivity index (χ1v) is 5.63. The van der Waals surface area contributed by atoms with Crippen LogP contribution in [0.5, 0.6) is 0 Å². The first-order valence-electron chi connectivity index (χ1n) is 5.63. The van der Waals surface area contributed by atoms with E-state index in [1.807, 2.05) is 0 Å². The van der Waals surface area contributed by atoms with E-state index in [9.17, 15) is 13.6 Å². The van der Waals surface area contributed by atoms with E-state index >= 15 is 0 Å². The number of carbonyl (C=O) groups is 1. The second-order valence-corrected chi connectivity index (χ2v) is 3.86. The molecule has 0 aliphatic carbocycles. The molecule has 19 heavy (non-hydrogen) atoms. The Hall–Kier alpha value is -2.21. The molecule has 2 rings (SSSR count). The lowest BCUT2D eigenvalue weighted by Crippen LogP contribution is -2.27. The van der Waals surface area contributed by atoms with E-state index < -0.39 is 17.5 Å². The molecule has 0 fully saturated rings. The van der Waals surface area contributed by atoms with E-state index in [4.69, 9.17) is 4.42 Å². The molecule has 0 aliphatic heterocycles. The molecule has 0 aliphatic rings. The molecule has 4 nitrogen and oxygen atoms in total. The fourth-order valence-electron chi connectivity index (χ4n) is 1.50. The van der Waals surface area contributed by atoms with E-state index in [1.165, 1.54) is 12.3 Å². The Balaban J connectivity index is 1.80. The van der Waals surface area contributed by atoms with Crippen molar-refractivity contribution in [3.8, 4) is 0 Å². The van der Waals surface area contributed by atoms with Gasteiger partial charge in [-0.2, -0.15) is 0 Å². The molecule has 100 valence electrons. The zero-order valence-corrected chi connectivity index (χ0v) is 9.95. The standard InChI is InChI=1S/C13H12F2N2O2/c14-9-3-4-12(11(15)6-9)17-13(18)8-16-7-10-2-1-5-19-10/h1-6,16H,7-8H2,(H,17,18). The SMILES string of the molecule is O=C(CNCc1ccco1)Nc1ccc(F)cc1F. The Morgan fingerprint density at radius 1 is 1.26 bits per heavy atom. The van der Waals surface area contributed by atoms with Crippen molar-refractivity contribution >= 4 is 11.6 Å². The zero-order chi connectivity index (χ0) is 13.7. The van der Waals surface area contributed by atoms with Crippen LogP contribution in [0.25, 0.3) is 0 Å². The van der Waals surface area contributed by atoms with Gasteiger partial charge in [-0.05, 0) is 24.3 Å². The summed E-state index contributed by atoms with van der Waals surface area (Å²) < 4.78 is 31.0. The summed E-state index contributed by atoms with van der Waals surface area (Å²) >= 11 is 0. The number of furan rings is 1. The zero-order valence-electron chi connectivity index (χ0n) is 9.95. The number of rotatable bonds is 5. The minimum atomic E-state index is -0.806. The third kappa shape index (κ3) is 3.89. The van der Waals surface area contributed by atoms with Crippen LogP contribution in [0.1, 0.15) is 5.76 Å². The highest BCUT2D eigenvalue weighted by atomic mass is 19.1. The largest absolute Gasteiger partial charge is 0.468 e. The normalized spacial score (nSPS) is 10.4. The lowest BCUT2D eigenvalue weighted by molar-refractivity contribution is -0.115. The first kappa shape index (κ1) is 13.2. The van der Waals surface area contributed by atoms with Gasteiger partial charge in [-0.1, -0.05) is 0 Å². The lowest BCUT2D eigenvalue weighted by atomic mass is 10.3. The summed E-state index contributed by atoms with van der Waals surface area (Å²) in [6, 6.07) is 6.48. The fourth-order valence-corrected chi connectivity index (χ4v) is 1.50. The minimum Gasteiger partial charge on any atom is -0.468 e. The van der Waals surface area contributed by atoms with Crippen LogP contribution < -0.4 is 10.6 Å². The number of carbonyl (C=O) groups excluding carboxylic acids is 1. The van der Waals surface area contributed by atoms with E-state index in [0.717, 1.165) is 6.07 Å². The number of anilines is 1. The number of halogens is 2. The molecule has 0 unspecified atom stereocenters. The Bertz CT molecular complexity index is 556. The van der Waals surface area contributed by atoms with Crippen molar-refractivity contribution in [2.75, 3.05) is 11.9 Å². The third-order valence-electron chi connectivity index (χ3n) is 2.37. The van der Waals surface area contributed by atoms with Gasteiger partial charge in [-0.25, -0.2) is 8.78 Å². The molecule has 0 saturated heterocycles. The molecule has 0 atom stereocenters. The summed E-state index contributed by atoms with van der Waals surface area (Å²) in [5.74, 6) is -1.22. The van der Waals surface area contributed by atoms with Crippen LogP contribution >= 0.6 is 0 Å². The molecule has 1 amide bonds. The average Bonchev–Trinajstić information content (AvgIpc) is 2.86. The maximum absolute atomic E-state index is 13.3. The third-order valence-corrected chi connectivity index (χ3v) is 2.37. The van der Waals surface area contributed by atoms with Gasteiger partial charge in [0.15, 0.2) is 0 Å². The molecule has 6 heteroatoms. The molecule has 1 heterocycles. The van der Waals surface area contributed by atoms with E-state index in [2.05, 4.69) is 10.6 Å². The number of nitrogens with one attached hydrogen (secondary N) is 2. The van der Waals surface area contributed by atoms with Crippen LogP contribution in [0.3, 0.4) is 0 Å².